The molecule has 2 N–H and O–H groups in total. The van der Waals surface area contributed by atoms with Crippen molar-refractivity contribution in [1.82, 2.24) is 15.1 Å². The van der Waals surface area contributed by atoms with Gasteiger partial charge in [-0.3, -0.25) is 9.59 Å². The van der Waals surface area contributed by atoms with Crippen LogP contribution in [0.2, 0.25) is 0 Å². The maximum atomic E-state index is 13.2. The van der Waals surface area contributed by atoms with Crippen molar-refractivity contribution in [3.63, 3.8) is 0 Å². The van der Waals surface area contributed by atoms with Crippen molar-refractivity contribution in [2.75, 3.05) is 0 Å². The molecule has 1 aromatic carbocycles. The lowest BCUT2D eigenvalue weighted by Crippen LogP contribution is -2.54. The van der Waals surface area contributed by atoms with Gasteiger partial charge in [0.15, 0.2) is 0 Å². The van der Waals surface area contributed by atoms with E-state index in [0.29, 0.717) is 29.7 Å². The Kier molecular flexibility index (Phi) is 5.15. The first-order chi connectivity index (χ1) is 12.6. The Balaban J connectivity index is 1.82. The van der Waals surface area contributed by atoms with Gasteiger partial charge in [0.25, 0.3) is 5.56 Å². The van der Waals surface area contributed by atoms with Gasteiger partial charge >= 0.3 is 0 Å². The summed E-state index contributed by atoms with van der Waals surface area (Å²) in [5.41, 5.74) is 0.893. The molecule has 1 aromatic heterocycles. The van der Waals surface area contributed by atoms with Crippen molar-refractivity contribution in [3.8, 4) is 11.1 Å². The summed E-state index contributed by atoms with van der Waals surface area (Å²) < 4.78 is 14.3. The van der Waals surface area contributed by atoms with Crippen molar-refractivity contribution < 1.29 is 14.3 Å². The molecule has 0 saturated heterocycles. The first-order valence-corrected chi connectivity index (χ1v) is 9.04. The summed E-state index contributed by atoms with van der Waals surface area (Å²) in [5, 5.41) is 16.9. The lowest BCUT2D eigenvalue weighted by atomic mass is 9.77. The van der Waals surface area contributed by atoms with E-state index in [9.17, 15) is 19.1 Å². The first kappa shape index (κ1) is 19.2. The largest absolute Gasteiger partial charge is 0.390 e. The molecule has 1 heterocycles. The van der Waals surface area contributed by atoms with Crippen LogP contribution in [0.15, 0.2) is 35.1 Å². The van der Waals surface area contributed by atoms with Crippen LogP contribution in [0.1, 0.15) is 45.2 Å². The second-order valence-corrected chi connectivity index (χ2v) is 7.77. The van der Waals surface area contributed by atoms with Gasteiger partial charge in [0.2, 0.25) is 5.91 Å². The molecular formula is C20H24FN3O3. The van der Waals surface area contributed by atoms with Crippen LogP contribution in [-0.4, -0.2) is 32.4 Å². The summed E-state index contributed by atoms with van der Waals surface area (Å²) in [6.07, 6.45) is 1.00. The molecular weight excluding hydrogens is 349 g/mol. The first-order valence-electron chi connectivity index (χ1n) is 9.04. The smallest absolute Gasteiger partial charge is 0.267 e. The quantitative estimate of drug-likeness (QED) is 0.842. The molecule has 1 aliphatic carbocycles. The number of carbonyl (C=O) groups excluding carboxylic acids is 1. The van der Waals surface area contributed by atoms with Gasteiger partial charge < -0.3 is 10.4 Å². The monoisotopic (exact) mass is 373 g/mol. The van der Waals surface area contributed by atoms with Gasteiger partial charge in [0.05, 0.1) is 11.3 Å². The molecule has 0 unspecified atom stereocenters. The van der Waals surface area contributed by atoms with Crippen molar-refractivity contribution in [1.29, 1.82) is 0 Å². The predicted molar refractivity (Wildman–Crippen MR) is 99.8 cm³/mol. The molecule has 144 valence electrons. The molecule has 2 aromatic rings. The van der Waals surface area contributed by atoms with E-state index < -0.39 is 11.2 Å². The van der Waals surface area contributed by atoms with Crippen LogP contribution >= 0.6 is 0 Å². The van der Waals surface area contributed by atoms with Gasteiger partial charge in [-0.25, -0.2) is 9.07 Å². The zero-order valence-electron chi connectivity index (χ0n) is 15.7. The highest BCUT2D eigenvalue weighted by Gasteiger charge is 2.39. The van der Waals surface area contributed by atoms with Crippen LogP contribution in [0.4, 0.5) is 4.39 Å². The van der Waals surface area contributed by atoms with Gasteiger partial charge in [-0.15, -0.1) is 0 Å². The number of benzene rings is 1. The van der Waals surface area contributed by atoms with E-state index in [0.717, 1.165) is 4.68 Å². The number of rotatable bonds is 5. The van der Waals surface area contributed by atoms with Crippen molar-refractivity contribution in [3.05, 3.63) is 52.2 Å². The molecule has 1 aliphatic rings. The molecule has 1 fully saturated rings. The Morgan fingerprint density at radius 2 is 2.00 bits per heavy atom. The highest BCUT2D eigenvalue weighted by Crippen LogP contribution is 2.31. The molecule has 1 amide bonds. The average Bonchev–Trinajstić information content (AvgIpc) is 2.55. The minimum atomic E-state index is -0.728. The number of carbonyl (C=O) groups is 1. The highest BCUT2D eigenvalue weighted by molar-refractivity contribution is 5.76. The van der Waals surface area contributed by atoms with Crippen molar-refractivity contribution in [2.45, 2.75) is 57.7 Å². The summed E-state index contributed by atoms with van der Waals surface area (Å²) in [6, 6.07) is 7.26. The van der Waals surface area contributed by atoms with Gasteiger partial charge in [-0.1, -0.05) is 26.0 Å². The summed E-state index contributed by atoms with van der Waals surface area (Å²) in [5.74, 6) is -0.645. The molecule has 7 heteroatoms. The van der Waals surface area contributed by atoms with Gasteiger partial charge in [0.1, 0.15) is 12.4 Å². The maximum Gasteiger partial charge on any atom is 0.267 e. The summed E-state index contributed by atoms with van der Waals surface area (Å²) >= 11 is 0. The van der Waals surface area contributed by atoms with E-state index in [2.05, 4.69) is 10.4 Å². The zero-order valence-corrected chi connectivity index (χ0v) is 15.7. The third-order valence-corrected chi connectivity index (χ3v) is 4.76. The third kappa shape index (κ3) is 4.42. The van der Waals surface area contributed by atoms with Gasteiger partial charge in [-0.05, 0) is 43.4 Å². The Bertz CT molecular complexity index is 896. The van der Waals surface area contributed by atoms with E-state index in [4.69, 9.17) is 0 Å². The van der Waals surface area contributed by atoms with Crippen LogP contribution in [-0.2, 0) is 11.3 Å². The fourth-order valence-electron chi connectivity index (χ4n) is 3.42. The average molecular weight is 373 g/mol. The molecule has 27 heavy (non-hydrogen) atoms. The minimum absolute atomic E-state index is 0.0155. The lowest BCUT2D eigenvalue weighted by molar-refractivity contribution is -0.125. The second kappa shape index (κ2) is 7.23. The second-order valence-electron chi connectivity index (χ2n) is 7.77. The SMILES string of the molecule is CC(C)c1nn(CC(=O)N[C@H]2C[C@](C)(O)C2)c(=O)cc1-c1ccc(F)cc1. The molecule has 0 atom stereocenters. The number of hydrogen-bond donors (Lipinski definition) is 2. The molecule has 6 nitrogen and oxygen atoms in total. The van der Waals surface area contributed by atoms with E-state index in [1.807, 2.05) is 13.8 Å². The number of nitrogens with zero attached hydrogens (tertiary/aromatic N) is 2. The van der Waals surface area contributed by atoms with Crippen molar-refractivity contribution in [2.24, 2.45) is 0 Å². The topological polar surface area (TPSA) is 84.2 Å². The summed E-state index contributed by atoms with van der Waals surface area (Å²) in [6.45, 7) is 5.44. The standard InChI is InChI=1S/C20H24FN3O3/c1-12(2)19-16(13-4-6-14(21)7-5-13)8-18(26)24(23-19)11-17(25)22-15-9-20(3,27)10-15/h4-8,12,15,27H,9-11H2,1-3H3,(H,22,25)/t15-,20-. The Labute approximate surface area is 157 Å². The third-order valence-electron chi connectivity index (χ3n) is 4.76. The Morgan fingerprint density at radius 1 is 1.37 bits per heavy atom. The number of aromatic nitrogens is 2. The van der Waals surface area contributed by atoms with Gasteiger partial charge in [-0.2, -0.15) is 5.10 Å². The van der Waals surface area contributed by atoms with Crippen LogP contribution < -0.4 is 10.9 Å². The molecule has 0 bridgehead atoms. The van der Waals surface area contributed by atoms with Crippen LogP contribution in [0, 0.1) is 5.82 Å². The van der Waals surface area contributed by atoms with E-state index in [-0.39, 0.29) is 30.2 Å². The fraction of sp³-hybridized carbons (Fsp3) is 0.450. The van der Waals surface area contributed by atoms with E-state index in [1.54, 1.807) is 19.1 Å². The summed E-state index contributed by atoms with van der Waals surface area (Å²) in [7, 11) is 0. The van der Waals surface area contributed by atoms with Crippen LogP contribution in [0.25, 0.3) is 11.1 Å². The van der Waals surface area contributed by atoms with E-state index >= 15 is 0 Å². The van der Waals surface area contributed by atoms with Crippen LogP contribution in [0.3, 0.4) is 0 Å². The normalized spacial score (nSPS) is 21.8. The molecule has 0 aliphatic heterocycles. The summed E-state index contributed by atoms with van der Waals surface area (Å²) in [4.78, 5) is 24.7. The van der Waals surface area contributed by atoms with Gasteiger partial charge in [0, 0.05) is 17.7 Å². The molecule has 0 spiro atoms. The molecule has 1 saturated carbocycles. The zero-order chi connectivity index (χ0) is 19.8. The number of nitrogens with one attached hydrogen (secondary N) is 1. The van der Waals surface area contributed by atoms with E-state index in [1.165, 1.54) is 18.2 Å². The Hall–Kier alpha value is -2.54. The van der Waals surface area contributed by atoms with Crippen LogP contribution in [0.5, 0.6) is 0 Å². The highest BCUT2D eigenvalue weighted by atomic mass is 19.1. The predicted octanol–water partition coefficient (Wildman–Crippen LogP) is 2.20. The van der Waals surface area contributed by atoms with Crippen molar-refractivity contribution >= 4 is 5.91 Å². The number of halogens is 1. The minimum Gasteiger partial charge on any atom is -0.390 e. The Morgan fingerprint density at radius 3 is 2.56 bits per heavy atom. The molecule has 3 rings (SSSR count). The maximum absolute atomic E-state index is 13.2. The lowest BCUT2D eigenvalue weighted by Gasteiger charge is -2.41. The number of aliphatic hydroxyl groups is 1. The molecule has 0 radical (unpaired) electrons. The number of hydrogen-bond acceptors (Lipinski definition) is 4. The fourth-order valence-corrected chi connectivity index (χ4v) is 3.42. The number of amides is 1.